The summed E-state index contributed by atoms with van der Waals surface area (Å²) in [4.78, 5) is 33.9. The summed E-state index contributed by atoms with van der Waals surface area (Å²) >= 11 is 0. The van der Waals surface area contributed by atoms with Crippen molar-refractivity contribution in [3.8, 4) is 0 Å². The molecule has 36 heavy (non-hydrogen) atoms. The fourth-order valence-electron chi connectivity index (χ4n) is 5.83. The second-order valence-electron chi connectivity index (χ2n) is 11.0. The smallest absolute Gasteiger partial charge is 0.339 e. The minimum atomic E-state index is -0.877. The van der Waals surface area contributed by atoms with E-state index in [1.807, 2.05) is 42.5 Å². The Kier molecular flexibility index (Phi) is 6.59. The topological polar surface area (TPSA) is 59.5 Å². The summed E-state index contributed by atoms with van der Waals surface area (Å²) in [7, 11) is 0. The monoisotopic (exact) mass is 484 g/mol. The number of aryl methyl sites for hydroxylation is 2. The normalized spacial score (nSPS) is 18.3. The Morgan fingerprint density at radius 1 is 1.11 bits per heavy atom. The molecule has 1 aliphatic heterocycles. The predicted octanol–water partition coefficient (Wildman–Crippen LogP) is 6.30. The van der Waals surface area contributed by atoms with Gasteiger partial charge in [0.05, 0.1) is 11.1 Å². The van der Waals surface area contributed by atoms with Crippen molar-refractivity contribution in [2.24, 2.45) is 11.3 Å². The van der Waals surface area contributed by atoms with Gasteiger partial charge in [-0.2, -0.15) is 0 Å². The van der Waals surface area contributed by atoms with E-state index in [9.17, 15) is 9.59 Å². The molecule has 2 aromatic carbocycles. The van der Waals surface area contributed by atoms with Crippen molar-refractivity contribution in [1.29, 1.82) is 0 Å². The molecule has 188 valence electrons. The van der Waals surface area contributed by atoms with Gasteiger partial charge >= 0.3 is 5.97 Å². The fourth-order valence-corrected chi connectivity index (χ4v) is 5.83. The second-order valence-corrected chi connectivity index (χ2v) is 11.0. The van der Waals surface area contributed by atoms with Gasteiger partial charge in [-0.25, -0.2) is 4.79 Å². The summed E-state index contributed by atoms with van der Waals surface area (Å²) < 4.78 is 5.93. The van der Waals surface area contributed by atoms with E-state index < -0.39 is 12.1 Å². The summed E-state index contributed by atoms with van der Waals surface area (Å²) in [6, 6.07) is 15.8. The molecular weight excluding hydrogens is 448 g/mol. The molecule has 3 aromatic rings. The van der Waals surface area contributed by atoms with Gasteiger partial charge in [0.15, 0.2) is 6.10 Å². The molecule has 0 bridgehead atoms. The van der Waals surface area contributed by atoms with Crippen molar-refractivity contribution in [2.45, 2.75) is 72.3 Å². The summed E-state index contributed by atoms with van der Waals surface area (Å²) in [5, 5.41) is 0.805. The number of benzene rings is 2. The maximum Gasteiger partial charge on any atom is 0.339 e. The van der Waals surface area contributed by atoms with E-state index in [0.29, 0.717) is 18.0 Å². The molecular formula is C31H36N2O3. The van der Waals surface area contributed by atoms with Crippen LogP contribution < -0.4 is 4.90 Å². The molecule has 0 saturated carbocycles. The van der Waals surface area contributed by atoms with E-state index in [0.717, 1.165) is 71.9 Å². The number of rotatable bonds is 5. The first-order valence-corrected chi connectivity index (χ1v) is 13.3. The first-order chi connectivity index (χ1) is 17.3. The lowest BCUT2D eigenvalue weighted by molar-refractivity contribution is -0.126. The zero-order valence-corrected chi connectivity index (χ0v) is 21.8. The number of pyridine rings is 1. The van der Waals surface area contributed by atoms with E-state index in [2.05, 4.69) is 26.8 Å². The standard InChI is InChI=1S/C31H36N2O3/c1-5-31(3,4)22-16-17-26-24(19-22)28(23-13-7-8-14-25(23)32-26)30(35)36-20(2)29(34)33-18-10-12-21-11-6-9-15-27(21)33/h6-9,11,13-15,20,22H,5,10,12,16-19H2,1-4H3/t20-,22+/m0/s1. The Labute approximate surface area is 213 Å². The molecule has 5 nitrogen and oxygen atoms in total. The van der Waals surface area contributed by atoms with Crippen molar-refractivity contribution < 1.29 is 14.3 Å². The van der Waals surface area contributed by atoms with E-state index in [4.69, 9.17) is 9.72 Å². The third-order valence-corrected chi connectivity index (χ3v) is 8.49. The van der Waals surface area contributed by atoms with E-state index in [1.54, 1.807) is 11.8 Å². The van der Waals surface area contributed by atoms with Crippen LogP contribution in [0.3, 0.4) is 0 Å². The van der Waals surface area contributed by atoms with Crippen molar-refractivity contribution in [1.82, 2.24) is 4.98 Å². The zero-order valence-electron chi connectivity index (χ0n) is 21.8. The molecule has 2 atom stereocenters. The summed E-state index contributed by atoms with van der Waals surface area (Å²) in [6.07, 6.45) is 4.79. The summed E-state index contributed by atoms with van der Waals surface area (Å²) in [5.74, 6) is -0.132. The molecule has 5 rings (SSSR count). The first-order valence-electron chi connectivity index (χ1n) is 13.3. The van der Waals surface area contributed by atoms with Crippen LogP contribution in [-0.4, -0.2) is 29.5 Å². The van der Waals surface area contributed by atoms with Gasteiger partial charge in [-0.05, 0) is 73.6 Å². The lowest BCUT2D eigenvalue weighted by Gasteiger charge is -2.37. The van der Waals surface area contributed by atoms with Crippen LogP contribution in [0, 0.1) is 11.3 Å². The Morgan fingerprint density at radius 3 is 2.67 bits per heavy atom. The van der Waals surface area contributed by atoms with Crippen LogP contribution in [0.5, 0.6) is 0 Å². The predicted molar refractivity (Wildman–Crippen MR) is 143 cm³/mol. The van der Waals surface area contributed by atoms with Gasteiger partial charge in [0, 0.05) is 23.3 Å². The highest BCUT2D eigenvalue weighted by Gasteiger charge is 2.36. The number of fused-ring (bicyclic) bond motifs is 3. The van der Waals surface area contributed by atoms with Gasteiger partial charge in [0.2, 0.25) is 0 Å². The fraction of sp³-hybridized carbons (Fsp3) is 0.452. The lowest BCUT2D eigenvalue weighted by Crippen LogP contribution is -2.43. The van der Waals surface area contributed by atoms with Crippen molar-refractivity contribution in [3.05, 3.63) is 70.9 Å². The van der Waals surface area contributed by atoms with Crippen LogP contribution in [0.2, 0.25) is 0 Å². The largest absolute Gasteiger partial charge is 0.449 e. The molecule has 5 heteroatoms. The van der Waals surface area contributed by atoms with Crippen LogP contribution >= 0.6 is 0 Å². The molecule has 0 fully saturated rings. The summed E-state index contributed by atoms with van der Waals surface area (Å²) in [6.45, 7) is 9.18. The van der Waals surface area contributed by atoms with Gasteiger partial charge in [-0.1, -0.05) is 63.6 Å². The van der Waals surface area contributed by atoms with Gasteiger partial charge in [-0.3, -0.25) is 9.78 Å². The van der Waals surface area contributed by atoms with Crippen LogP contribution in [0.15, 0.2) is 48.5 Å². The number of ether oxygens (including phenoxy) is 1. The molecule has 1 amide bonds. The SMILES string of the molecule is CCC(C)(C)[C@@H]1CCc2nc3ccccc3c(C(=O)O[C@@H](C)C(=O)N3CCCc4ccccc43)c2C1. The molecule has 0 N–H and O–H groups in total. The highest BCUT2D eigenvalue weighted by atomic mass is 16.5. The van der Waals surface area contributed by atoms with Crippen molar-refractivity contribution in [2.75, 3.05) is 11.4 Å². The van der Waals surface area contributed by atoms with Crippen LogP contribution in [-0.2, 0) is 28.8 Å². The molecule has 0 saturated heterocycles. The number of anilines is 1. The second kappa shape index (κ2) is 9.68. The maximum absolute atomic E-state index is 13.8. The molecule has 0 unspecified atom stereocenters. The highest BCUT2D eigenvalue weighted by Crippen LogP contribution is 2.41. The Balaban J connectivity index is 1.47. The number of amides is 1. The number of hydrogen-bond acceptors (Lipinski definition) is 4. The summed E-state index contributed by atoms with van der Waals surface area (Å²) in [5.41, 5.74) is 5.65. The van der Waals surface area contributed by atoms with E-state index in [-0.39, 0.29) is 11.3 Å². The van der Waals surface area contributed by atoms with Crippen LogP contribution in [0.4, 0.5) is 5.69 Å². The van der Waals surface area contributed by atoms with Crippen molar-refractivity contribution in [3.63, 3.8) is 0 Å². The number of hydrogen-bond donors (Lipinski definition) is 0. The third kappa shape index (κ3) is 4.40. The average Bonchev–Trinajstić information content (AvgIpc) is 2.90. The third-order valence-electron chi connectivity index (χ3n) is 8.49. The average molecular weight is 485 g/mol. The highest BCUT2D eigenvalue weighted by molar-refractivity contribution is 6.06. The Hall–Kier alpha value is -3.21. The van der Waals surface area contributed by atoms with E-state index >= 15 is 0 Å². The molecule has 0 radical (unpaired) electrons. The number of para-hydroxylation sites is 2. The number of carbonyl (C=O) groups excluding carboxylic acids is 2. The number of aromatic nitrogens is 1. The minimum absolute atomic E-state index is 0.173. The molecule has 0 spiro atoms. The van der Waals surface area contributed by atoms with E-state index in [1.165, 1.54) is 0 Å². The van der Waals surface area contributed by atoms with Gasteiger partial charge in [-0.15, -0.1) is 0 Å². The number of nitrogens with zero attached hydrogens (tertiary/aromatic N) is 2. The zero-order chi connectivity index (χ0) is 25.4. The van der Waals surface area contributed by atoms with Crippen molar-refractivity contribution >= 4 is 28.5 Å². The van der Waals surface area contributed by atoms with Gasteiger partial charge < -0.3 is 9.64 Å². The molecule has 2 aliphatic rings. The maximum atomic E-state index is 13.8. The quantitative estimate of drug-likeness (QED) is 0.399. The lowest BCUT2D eigenvalue weighted by atomic mass is 9.68. The number of carbonyl (C=O) groups is 2. The first kappa shape index (κ1) is 24.5. The van der Waals surface area contributed by atoms with Gasteiger partial charge in [0.25, 0.3) is 5.91 Å². The molecule has 1 aliphatic carbocycles. The molecule has 1 aromatic heterocycles. The molecule has 2 heterocycles. The minimum Gasteiger partial charge on any atom is -0.449 e. The number of esters is 1. The van der Waals surface area contributed by atoms with Gasteiger partial charge in [0.1, 0.15) is 0 Å². The van der Waals surface area contributed by atoms with Crippen LogP contribution in [0.1, 0.15) is 74.1 Å². The Bertz CT molecular complexity index is 1310. The van der Waals surface area contributed by atoms with Crippen LogP contribution in [0.25, 0.3) is 10.9 Å². The Morgan fingerprint density at radius 2 is 1.86 bits per heavy atom.